The predicted octanol–water partition coefficient (Wildman–Crippen LogP) is 10.00. The Morgan fingerprint density at radius 3 is 2.11 bits per heavy atom. The van der Waals surface area contributed by atoms with E-state index in [1.807, 2.05) is 0 Å². The monoisotopic (exact) mass is 503 g/mol. The van der Waals surface area contributed by atoms with Gasteiger partial charge in [0.1, 0.15) is 11.3 Å². The van der Waals surface area contributed by atoms with Gasteiger partial charge in [-0.2, -0.15) is 0 Å². The average Bonchev–Trinajstić information content (AvgIpc) is 3.25. The summed E-state index contributed by atoms with van der Waals surface area (Å²) in [6.45, 7) is 16.9. The fourth-order valence-corrected chi connectivity index (χ4v) is 5.14. The number of imidazole rings is 1. The zero-order valence-electron chi connectivity index (χ0n) is 24.0. The largest absolute Gasteiger partial charge is 0.354 e. The molecule has 4 aromatic carbocycles. The van der Waals surface area contributed by atoms with E-state index in [2.05, 4.69) is 137 Å². The highest BCUT2D eigenvalue weighted by Crippen LogP contribution is 2.37. The minimum absolute atomic E-state index is 0.0625. The van der Waals surface area contributed by atoms with Crippen molar-refractivity contribution in [1.29, 1.82) is 0 Å². The van der Waals surface area contributed by atoms with Crippen LogP contribution in [0.5, 0.6) is 0 Å². The van der Waals surface area contributed by atoms with E-state index >= 15 is 0 Å². The first kappa shape index (κ1) is 26.0. The zero-order valence-corrected chi connectivity index (χ0v) is 24.0. The minimum Gasteiger partial charge on any atom is -0.354 e. The second-order valence-electron chi connectivity index (χ2n) is 12.6. The lowest BCUT2D eigenvalue weighted by Crippen LogP contribution is -2.16. The normalized spacial score (nSPS) is 12.4. The summed E-state index contributed by atoms with van der Waals surface area (Å²) in [5.74, 6) is 1.04. The molecule has 1 N–H and O–H groups in total. The van der Waals surface area contributed by atoms with Crippen LogP contribution in [0.2, 0.25) is 0 Å². The average molecular weight is 504 g/mol. The highest BCUT2D eigenvalue weighted by atomic mass is 15.1. The van der Waals surface area contributed by atoms with Crippen LogP contribution in [-0.2, 0) is 17.4 Å². The van der Waals surface area contributed by atoms with Crippen LogP contribution in [0.1, 0.15) is 72.4 Å². The fourth-order valence-electron chi connectivity index (χ4n) is 5.14. The van der Waals surface area contributed by atoms with Gasteiger partial charge in [-0.05, 0) is 63.4 Å². The number of benzene rings is 4. The van der Waals surface area contributed by atoms with Crippen molar-refractivity contribution in [2.24, 2.45) is 0 Å². The number of nitrogens with zero attached hydrogens (tertiary/aromatic N) is 2. The molecule has 1 aromatic heterocycles. The number of anilines is 2. The number of aryl methyl sites for hydroxylation is 1. The first-order valence-corrected chi connectivity index (χ1v) is 14.0. The molecule has 1 heterocycles. The van der Waals surface area contributed by atoms with Crippen molar-refractivity contribution in [3.8, 4) is 11.4 Å². The molecule has 3 nitrogen and oxygen atoms in total. The van der Waals surface area contributed by atoms with Crippen LogP contribution in [0.15, 0.2) is 78.9 Å². The van der Waals surface area contributed by atoms with Gasteiger partial charge in [0.15, 0.2) is 0 Å². The Labute approximate surface area is 227 Å². The van der Waals surface area contributed by atoms with Gasteiger partial charge in [0.25, 0.3) is 0 Å². The van der Waals surface area contributed by atoms with Crippen molar-refractivity contribution >= 4 is 33.2 Å². The van der Waals surface area contributed by atoms with E-state index < -0.39 is 0 Å². The van der Waals surface area contributed by atoms with Crippen molar-refractivity contribution in [1.82, 2.24) is 9.55 Å². The lowest BCUT2D eigenvalue weighted by atomic mass is 9.80. The number of unbranched alkanes of at least 4 members (excludes halogenated alkanes) is 1. The first-order chi connectivity index (χ1) is 18.1. The number of rotatable bonds is 6. The summed E-state index contributed by atoms with van der Waals surface area (Å²) in [5.41, 5.74) is 8.34. The number of hydrogen-bond donors (Lipinski definition) is 1. The Balaban J connectivity index is 1.68. The predicted molar refractivity (Wildman–Crippen MR) is 165 cm³/mol. The van der Waals surface area contributed by atoms with Gasteiger partial charge in [-0.15, -0.1) is 0 Å². The van der Waals surface area contributed by atoms with Crippen molar-refractivity contribution < 1.29 is 0 Å². The maximum atomic E-state index is 5.32. The highest BCUT2D eigenvalue weighted by molar-refractivity contribution is 5.99. The molecular formula is C35H41N3. The molecule has 0 aliphatic heterocycles. The molecule has 0 aliphatic carbocycles. The van der Waals surface area contributed by atoms with Gasteiger partial charge in [0.2, 0.25) is 0 Å². The van der Waals surface area contributed by atoms with Crippen LogP contribution in [-0.4, -0.2) is 9.55 Å². The maximum absolute atomic E-state index is 5.32. The van der Waals surface area contributed by atoms with Crippen LogP contribution in [0.25, 0.3) is 33.2 Å². The third kappa shape index (κ3) is 5.07. The molecule has 0 spiro atoms. The van der Waals surface area contributed by atoms with Crippen LogP contribution < -0.4 is 5.32 Å². The van der Waals surface area contributed by atoms with Crippen LogP contribution in [0, 0.1) is 0 Å². The summed E-state index contributed by atoms with van der Waals surface area (Å²) in [4.78, 5) is 5.32. The Kier molecular flexibility index (Phi) is 6.81. The van der Waals surface area contributed by atoms with Gasteiger partial charge >= 0.3 is 0 Å². The summed E-state index contributed by atoms with van der Waals surface area (Å²) >= 11 is 0. The number of aromatic nitrogens is 2. The van der Waals surface area contributed by atoms with Gasteiger partial charge < -0.3 is 9.88 Å². The topological polar surface area (TPSA) is 29.9 Å². The van der Waals surface area contributed by atoms with Crippen molar-refractivity contribution in [2.45, 2.75) is 78.7 Å². The molecule has 0 unspecified atom stereocenters. The van der Waals surface area contributed by atoms with Gasteiger partial charge in [-0.25, -0.2) is 4.98 Å². The molecule has 0 aliphatic rings. The third-order valence-electron chi connectivity index (χ3n) is 7.49. The molecular weight excluding hydrogens is 462 g/mol. The molecule has 5 aromatic rings. The SMILES string of the molecule is CCCCn1c(-c2cccc3ccccc23)nc2c(Nc3cc(C(C)(C)C)cc(C(C)(C)C)c3)cccc21. The van der Waals surface area contributed by atoms with E-state index in [4.69, 9.17) is 4.98 Å². The Morgan fingerprint density at radius 1 is 0.763 bits per heavy atom. The highest BCUT2D eigenvalue weighted by Gasteiger charge is 2.22. The smallest absolute Gasteiger partial charge is 0.141 e. The van der Waals surface area contributed by atoms with E-state index in [-0.39, 0.29) is 10.8 Å². The van der Waals surface area contributed by atoms with Crippen molar-refractivity contribution in [3.05, 3.63) is 90.0 Å². The number of hydrogen-bond acceptors (Lipinski definition) is 2. The molecule has 0 atom stereocenters. The van der Waals surface area contributed by atoms with E-state index in [9.17, 15) is 0 Å². The molecule has 5 rings (SSSR count). The van der Waals surface area contributed by atoms with Crippen LogP contribution >= 0.6 is 0 Å². The summed E-state index contributed by atoms with van der Waals surface area (Å²) in [5, 5.41) is 6.26. The Morgan fingerprint density at radius 2 is 1.42 bits per heavy atom. The molecule has 196 valence electrons. The van der Waals surface area contributed by atoms with Crippen molar-refractivity contribution in [3.63, 3.8) is 0 Å². The zero-order chi connectivity index (χ0) is 27.1. The van der Waals surface area contributed by atoms with Crippen LogP contribution in [0.4, 0.5) is 11.4 Å². The molecule has 38 heavy (non-hydrogen) atoms. The number of fused-ring (bicyclic) bond motifs is 2. The molecule has 0 radical (unpaired) electrons. The molecule has 0 saturated carbocycles. The summed E-state index contributed by atoms with van der Waals surface area (Å²) < 4.78 is 2.41. The summed E-state index contributed by atoms with van der Waals surface area (Å²) in [7, 11) is 0. The quantitative estimate of drug-likeness (QED) is 0.250. The third-order valence-corrected chi connectivity index (χ3v) is 7.49. The second kappa shape index (κ2) is 9.94. The van der Waals surface area contributed by atoms with Crippen molar-refractivity contribution in [2.75, 3.05) is 5.32 Å². The van der Waals surface area contributed by atoms with E-state index in [0.29, 0.717) is 0 Å². The Bertz CT molecular complexity index is 1550. The lowest BCUT2D eigenvalue weighted by molar-refractivity contribution is 0.569. The summed E-state index contributed by atoms with van der Waals surface area (Å²) in [6, 6.07) is 28.6. The van der Waals surface area contributed by atoms with E-state index in [1.54, 1.807) is 0 Å². The fraction of sp³-hybridized carbons (Fsp3) is 0.343. The minimum atomic E-state index is 0.0625. The second-order valence-corrected chi connectivity index (χ2v) is 12.6. The van der Waals surface area contributed by atoms with E-state index in [1.165, 1.54) is 33.0 Å². The van der Waals surface area contributed by atoms with Gasteiger partial charge in [-0.3, -0.25) is 0 Å². The van der Waals surface area contributed by atoms with Crippen LogP contribution in [0.3, 0.4) is 0 Å². The number of para-hydroxylation sites is 1. The molecule has 3 heteroatoms. The number of nitrogens with one attached hydrogen (secondary N) is 1. The lowest BCUT2D eigenvalue weighted by Gasteiger charge is -2.26. The maximum Gasteiger partial charge on any atom is 0.141 e. The Hall–Kier alpha value is -3.59. The van der Waals surface area contributed by atoms with E-state index in [0.717, 1.165) is 42.1 Å². The summed E-state index contributed by atoms with van der Waals surface area (Å²) in [6.07, 6.45) is 2.26. The molecule has 0 amide bonds. The van der Waals surface area contributed by atoms with Gasteiger partial charge in [0.05, 0.1) is 11.2 Å². The molecule has 0 saturated heterocycles. The van der Waals surface area contributed by atoms with Gasteiger partial charge in [0, 0.05) is 17.8 Å². The van der Waals surface area contributed by atoms with Gasteiger partial charge in [-0.1, -0.05) is 109 Å². The molecule has 0 fully saturated rings. The molecule has 0 bridgehead atoms. The standard InChI is InChI=1S/C35H41N3/c1-8-9-20-38-31-19-13-18-30(36-27-22-25(34(2,3)4)21-26(23-27)35(5,6)7)32(31)37-33(38)29-17-12-15-24-14-10-11-16-28(24)29/h10-19,21-23,36H,8-9,20H2,1-7H3. The first-order valence-electron chi connectivity index (χ1n) is 14.0.